The van der Waals surface area contributed by atoms with E-state index >= 15 is 0 Å². The minimum Gasteiger partial charge on any atom is -0.378 e. The zero-order chi connectivity index (χ0) is 12.4. The monoisotopic (exact) mass is 239 g/mol. The van der Waals surface area contributed by atoms with Gasteiger partial charge in [-0.1, -0.05) is 13.0 Å². The fourth-order valence-electron chi connectivity index (χ4n) is 2.40. The van der Waals surface area contributed by atoms with Crippen molar-refractivity contribution >= 4 is 5.69 Å². The zero-order valence-electron chi connectivity index (χ0n) is 10.4. The number of nitrogens with one attached hydrogen (secondary N) is 1. The van der Waals surface area contributed by atoms with E-state index in [4.69, 9.17) is 0 Å². The summed E-state index contributed by atoms with van der Waals surface area (Å²) in [6.45, 7) is 3.88. The van der Waals surface area contributed by atoms with Gasteiger partial charge in [-0.05, 0) is 50.2 Å². The summed E-state index contributed by atoms with van der Waals surface area (Å²) in [5.74, 6) is -0.212. The van der Waals surface area contributed by atoms with E-state index in [0.717, 1.165) is 31.6 Å². The number of aryl methyl sites for hydroxylation is 1. The standard InChI is InChI=1S/C14H19F2N/c1-9-3-6-11(7-4-9)17-14-12(15)8-5-10(2)13(14)16/h5,8-9,11,17H,3-4,6-7H2,1-2H3. The molecule has 0 unspecified atom stereocenters. The Kier molecular flexibility index (Phi) is 3.65. The number of hydrogen-bond donors (Lipinski definition) is 1. The van der Waals surface area contributed by atoms with Crippen LogP contribution in [0, 0.1) is 24.5 Å². The summed E-state index contributed by atoms with van der Waals surface area (Å²) in [5.41, 5.74) is 0.530. The Morgan fingerprint density at radius 2 is 1.76 bits per heavy atom. The van der Waals surface area contributed by atoms with E-state index < -0.39 is 11.6 Å². The molecule has 1 aliphatic rings. The average molecular weight is 239 g/mol. The van der Waals surface area contributed by atoms with Crippen LogP contribution in [0.25, 0.3) is 0 Å². The van der Waals surface area contributed by atoms with Crippen LogP contribution in [0.2, 0.25) is 0 Å². The Morgan fingerprint density at radius 1 is 1.12 bits per heavy atom. The quantitative estimate of drug-likeness (QED) is 0.813. The van der Waals surface area contributed by atoms with Crippen molar-refractivity contribution < 1.29 is 8.78 Å². The number of benzene rings is 1. The molecule has 0 aromatic heterocycles. The van der Waals surface area contributed by atoms with Crippen LogP contribution in [0.15, 0.2) is 12.1 Å². The molecule has 1 saturated carbocycles. The second kappa shape index (κ2) is 5.03. The van der Waals surface area contributed by atoms with Gasteiger partial charge < -0.3 is 5.32 Å². The second-order valence-electron chi connectivity index (χ2n) is 5.15. The van der Waals surface area contributed by atoms with Crippen LogP contribution < -0.4 is 5.32 Å². The maximum Gasteiger partial charge on any atom is 0.152 e. The van der Waals surface area contributed by atoms with Gasteiger partial charge in [0.05, 0.1) is 0 Å². The van der Waals surface area contributed by atoms with Crippen LogP contribution in [0.4, 0.5) is 14.5 Å². The fourth-order valence-corrected chi connectivity index (χ4v) is 2.40. The van der Waals surface area contributed by atoms with Crippen molar-refractivity contribution in [2.24, 2.45) is 5.92 Å². The van der Waals surface area contributed by atoms with Crippen molar-refractivity contribution in [2.45, 2.75) is 45.6 Å². The van der Waals surface area contributed by atoms with Gasteiger partial charge in [0.1, 0.15) is 11.5 Å². The molecule has 1 nitrogen and oxygen atoms in total. The SMILES string of the molecule is Cc1ccc(F)c(NC2CCC(C)CC2)c1F. The number of halogens is 2. The zero-order valence-corrected chi connectivity index (χ0v) is 10.4. The molecule has 0 bridgehead atoms. The summed E-state index contributed by atoms with van der Waals surface area (Å²) in [7, 11) is 0. The molecule has 3 heteroatoms. The lowest BCUT2D eigenvalue weighted by molar-refractivity contribution is 0.359. The van der Waals surface area contributed by atoms with E-state index in [0.29, 0.717) is 5.56 Å². The first-order chi connectivity index (χ1) is 8.08. The van der Waals surface area contributed by atoms with Crippen molar-refractivity contribution in [3.8, 4) is 0 Å². The molecule has 0 saturated heterocycles. The smallest absolute Gasteiger partial charge is 0.152 e. The van der Waals surface area contributed by atoms with Gasteiger partial charge in [-0.3, -0.25) is 0 Å². The molecule has 0 spiro atoms. The summed E-state index contributed by atoms with van der Waals surface area (Å²) in [5, 5.41) is 3.03. The molecule has 94 valence electrons. The number of anilines is 1. The van der Waals surface area contributed by atoms with Gasteiger partial charge in [-0.15, -0.1) is 0 Å². The summed E-state index contributed by atoms with van der Waals surface area (Å²) in [6, 6.07) is 3.00. The molecule has 1 aliphatic carbocycles. The highest BCUT2D eigenvalue weighted by Gasteiger charge is 2.20. The van der Waals surface area contributed by atoms with Crippen LogP contribution in [0.1, 0.15) is 38.2 Å². The third-order valence-electron chi connectivity index (χ3n) is 3.65. The topological polar surface area (TPSA) is 12.0 Å². The Balaban J connectivity index is 2.11. The molecule has 1 aromatic rings. The Labute approximate surface area is 101 Å². The lowest BCUT2D eigenvalue weighted by atomic mass is 9.87. The molecule has 0 aliphatic heterocycles. The van der Waals surface area contributed by atoms with Gasteiger partial charge in [0, 0.05) is 6.04 Å². The lowest BCUT2D eigenvalue weighted by Crippen LogP contribution is -2.26. The summed E-state index contributed by atoms with van der Waals surface area (Å²) in [6.07, 6.45) is 4.25. The van der Waals surface area contributed by atoms with E-state index in [1.54, 1.807) is 6.92 Å². The molecule has 0 amide bonds. The Hall–Kier alpha value is -1.12. The highest BCUT2D eigenvalue weighted by molar-refractivity contribution is 5.49. The van der Waals surface area contributed by atoms with Crippen LogP contribution >= 0.6 is 0 Å². The van der Waals surface area contributed by atoms with Crippen molar-refractivity contribution in [2.75, 3.05) is 5.32 Å². The fraction of sp³-hybridized carbons (Fsp3) is 0.571. The normalized spacial score (nSPS) is 24.7. The summed E-state index contributed by atoms with van der Waals surface area (Å²) in [4.78, 5) is 0. The molecule has 1 N–H and O–H groups in total. The van der Waals surface area contributed by atoms with Crippen LogP contribution in [-0.2, 0) is 0 Å². The van der Waals surface area contributed by atoms with Crippen molar-refractivity contribution in [1.82, 2.24) is 0 Å². The summed E-state index contributed by atoms with van der Waals surface area (Å²) >= 11 is 0. The van der Waals surface area contributed by atoms with E-state index in [9.17, 15) is 8.78 Å². The summed E-state index contributed by atoms with van der Waals surface area (Å²) < 4.78 is 27.4. The van der Waals surface area contributed by atoms with Gasteiger partial charge in [-0.25, -0.2) is 8.78 Å². The Morgan fingerprint density at radius 3 is 2.41 bits per heavy atom. The molecule has 1 aromatic carbocycles. The molecule has 0 atom stereocenters. The first-order valence-electron chi connectivity index (χ1n) is 6.29. The molecular weight excluding hydrogens is 220 g/mol. The first-order valence-corrected chi connectivity index (χ1v) is 6.29. The molecular formula is C14H19F2N. The molecule has 1 fully saturated rings. The average Bonchev–Trinajstić information content (AvgIpc) is 2.32. The maximum atomic E-state index is 13.8. The third kappa shape index (κ3) is 2.76. The van der Waals surface area contributed by atoms with E-state index in [-0.39, 0.29) is 11.7 Å². The molecule has 0 heterocycles. The maximum absolute atomic E-state index is 13.8. The van der Waals surface area contributed by atoms with Gasteiger partial charge in [0.15, 0.2) is 5.82 Å². The highest BCUT2D eigenvalue weighted by Crippen LogP contribution is 2.29. The lowest BCUT2D eigenvalue weighted by Gasteiger charge is -2.28. The van der Waals surface area contributed by atoms with Gasteiger partial charge in [-0.2, -0.15) is 0 Å². The minimum absolute atomic E-state index is 0.0459. The van der Waals surface area contributed by atoms with E-state index in [1.165, 1.54) is 12.1 Å². The highest BCUT2D eigenvalue weighted by atomic mass is 19.1. The minimum atomic E-state index is -0.494. The van der Waals surface area contributed by atoms with E-state index in [1.807, 2.05) is 0 Å². The molecule has 17 heavy (non-hydrogen) atoms. The van der Waals surface area contributed by atoms with E-state index in [2.05, 4.69) is 12.2 Å². The van der Waals surface area contributed by atoms with Crippen molar-refractivity contribution in [3.63, 3.8) is 0 Å². The largest absolute Gasteiger partial charge is 0.378 e. The predicted molar refractivity (Wildman–Crippen MR) is 66.1 cm³/mol. The van der Waals surface area contributed by atoms with Gasteiger partial charge in [0.2, 0.25) is 0 Å². The Bertz CT molecular complexity index is 395. The van der Waals surface area contributed by atoms with Gasteiger partial charge in [0.25, 0.3) is 0 Å². The first kappa shape index (κ1) is 12.3. The van der Waals surface area contributed by atoms with Crippen LogP contribution in [0.5, 0.6) is 0 Å². The van der Waals surface area contributed by atoms with Crippen molar-refractivity contribution in [1.29, 1.82) is 0 Å². The van der Waals surface area contributed by atoms with Crippen LogP contribution in [-0.4, -0.2) is 6.04 Å². The molecule has 0 radical (unpaired) electrons. The number of rotatable bonds is 2. The molecule has 2 rings (SSSR count). The van der Waals surface area contributed by atoms with Gasteiger partial charge >= 0.3 is 0 Å². The van der Waals surface area contributed by atoms with Crippen LogP contribution in [0.3, 0.4) is 0 Å². The third-order valence-corrected chi connectivity index (χ3v) is 3.65. The second-order valence-corrected chi connectivity index (χ2v) is 5.15. The number of hydrogen-bond acceptors (Lipinski definition) is 1. The van der Waals surface area contributed by atoms with Crippen molar-refractivity contribution in [3.05, 3.63) is 29.3 Å². The predicted octanol–water partition coefficient (Wildman–Crippen LogP) is 4.26.